The molecule has 0 radical (unpaired) electrons. The van der Waals surface area contributed by atoms with Crippen molar-refractivity contribution in [1.29, 1.82) is 0 Å². The summed E-state index contributed by atoms with van der Waals surface area (Å²) in [7, 11) is 0. The Morgan fingerprint density at radius 3 is 3.17 bits per heavy atom. The lowest BCUT2D eigenvalue weighted by molar-refractivity contribution is -0.143. The summed E-state index contributed by atoms with van der Waals surface area (Å²) >= 11 is 3.49. The first-order valence-corrected chi connectivity index (χ1v) is 7.17. The van der Waals surface area contributed by atoms with Gasteiger partial charge in [0, 0.05) is 17.1 Å². The third-order valence-electron chi connectivity index (χ3n) is 3.21. The molecule has 4 heteroatoms. The number of rotatable bonds is 5. The summed E-state index contributed by atoms with van der Waals surface area (Å²) in [6, 6.07) is 6.79. The van der Waals surface area contributed by atoms with Gasteiger partial charge in [-0.2, -0.15) is 0 Å². The highest BCUT2D eigenvalue weighted by molar-refractivity contribution is 9.10. The smallest absolute Gasteiger partial charge is 0.307 e. The molecule has 1 N–H and O–H groups in total. The van der Waals surface area contributed by atoms with Crippen LogP contribution < -0.4 is 5.32 Å². The van der Waals surface area contributed by atoms with Gasteiger partial charge >= 0.3 is 5.97 Å². The summed E-state index contributed by atoms with van der Waals surface area (Å²) in [5.41, 5.74) is 2.76. The van der Waals surface area contributed by atoms with E-state index in [1.165, 1.54) is 11.1 Å². The largest absolute Gasteiger partial charge is 0.466 e. The van der Waals surface area contributed by atoms with Gasteiger partial charge in [-0.3, -0.25) is 4.79 Å². The molecule has 0 spiro atoms. The molecule has 1 atom stereocenters. The first kappa shape index (κ1) is 13.6. The molecule has 1 aliphatic rings. The van der Waals surface area contributed by atoms with Crippen molar-refractivity contribution in [2.24, 2.45) is 0 Å². The molecule has 0 aromatic heterocycles. The Morgan fingerprint density at radius 1 is 1.56 bits per heavy atom. The average Bonchev–Trinajstić information content (AvgIpc) is 2.72. The second-order valence-electron chi connectivity index (χ2n) is 4.44. The highest BCUT2D eigenvalue weighted by Crippen LogP contribution is 2.32. The van der Waals surface area contributed by atoms with Gasteiger partial charge in [-0.25, -0.2) is 0 Å². The van der Waals surface area contributed by atoms with Gasteiger partial charge in [-0.1, -0.05) is 22.0 Å². The number of carbonyl (C=O) groups is 1. The summed E-state index contributed by atoms with van der Waals surface area (Å²) in [6.07, 6.45) is 2.65. The fraction of sp³-hybridized carbons (Fsp3) is 0.500. The maximum atomic E-state index is 11.2. The van der Waals surface area contributed by atoms with E-state index in [2.05, 4.69) is 39.4 Å². The highest BCUT2D eigenvalue weighted by Gasteiger charge is 2.21. The van der Waals surface area contributed by atoms with Crippen LogP contribution in [0, 0.1) is 0 Å². The van der Waals surface area contributed by atoms with Gasteiger partial charge in [-0.15, -0.1) is 0 Å². The van der Waals surface area contributed by atoms with Crippen LogP contribution in [0.3, 0.4) is 0 Å². The van der Waals surface area contributed by atoms with Crippen LogP contribution in [0.15, 0.2) is 22.7 Å². The van der Waals surface area contributed by atoms with Crippen LogP contribution in [0.25, 0.3) is 0 Å². The number of hydrogen-bond acceptors (Lipinski definition) is 3. The Labute approximate surface area is 116 Å². The number of hydrogen-bond donors (Lipinski definition) is 1. The number of carbonyl (C=O) groups excluding carboxylic acids is 1. The van der Waals surface area contributed by atoms with Crippen molar-refractivity contribution in [3.63, 3.8) is 0 Å². The SMILES string of the molecule is CCOC(=O)CCNC1CCc2cc(Br)ccc21. The zero-order chi connectivity index (χ0) is 13.0. The summed E-state index contributed by atoms with van der Waals surface area (Å²) in [6.45, 7) is 2.97. The zero-order valence-electron chi connectivity index (χ0n) is 10.5. The minimum absolute atomic E-state index is 0.126. The molecule has 1 aromatic rings. The quantitative estimate of drug-likeness (QED) is 0.850. The molecule has 0 saturated heterocycles. The van der Waals surface area contributed by atoms with E-state index in [9.17, 15) is 4.79 Å². The lowest BCUT2D eigenvalue weighted by atomic mass is 10.1. The minimum Gasteiger partial charge on any atom is -0.466 e. The number of aryl methyl sites for hydroxylation is 1. The van der Waals surface area contributed by atoms with Crippen molar-refractivity contribution < 1.29 is 9.53 Å². The van der Waals surface area contributed by atoms with Gasteiger partial charge in [0.1, 0.15) is 0 Å². The molecular formula is C14H18BrNO2. The van der Waals surface area contributed by atoms with E-state index in [0.717, 1.165) is 17.3 Å². The van der Waals surface area contributed by atoms with E-state index < -0.39 is 0 Å². The number of halogens is 1. The maximum Gasteiger partial charge on any atom is 0.307 e. The molecule has 0 saturated carbocycles. The molecule has 3 nitrogen and oxygen atoms in total. The summed E-state index contributed by atoms with van der Waals surface area (Å²) in [5.74, 6) is -0.126. The fourth-order valence-electron chi connectivity index (χ4n) is 2.38. The van der Waals surface area contributed by atoms with Gasteiger partial charge in [0.2, 0.25) is 0 Å². The maximum absolute atomic E-state index is 11.2. The first-order valence-electron chi connectivity index (χ1n) is 6.38. The third kappa shape index (κ3) is 3.33. The van der Waals surface area contributed by atoms with Crippen LogP contribution in [0.2, 0.25) is 0 Å². The Morgan fingerprint density at radius 2 is 2.39 bits per heavy atom. The summed E-state index contributed by atoms with van der Waals surface area (Å²) in [5, 5.41) is 3.43. The molecule has 1 unspecified atom stereocenters. The predicted octanol–water partition coefficient (Wildman–Crippen LogP) is 2.98. The van der Waals surface area contributed by atoms with Crippen LogP contribution in [0.4, 0.5) is 0 Å². The van der Waals surface area contributed by atoms with Gasteiger partial charge in [0.25, 0.3) is 0 Å². The van der Waals surface area contributed by atoms with E-state index in [1.807, 2.05) is 6.92 Å². The van der Waals surface area contributed by atoms with Gasteiger partial charge in [-0.05, 0) is 43.0 Å². The molecule has 18 heavy (non-hydrogen) atoms. The van der Waals surface area contributed by atoms with E-state index in [-0.39, 0.29) is 5.97 Å². The van der Waals surface area contributed by atoms with E-state index in [0.29, 0.717) is 25.6 Å². The van der Waals surface area contributed by atoms with E-state index in [4.69, 9.17) is 4.74 Å². The van der Waals surface area contributed by atoms with Gasteiger partial charge in [0.05, 0.1) is 13.0 Å². The molecule has 1 aromatic carbocycles. The van der Waals surface area contributed by atoms with Crippen molar-refractivity contribution in [3.05, 3.63) is 33.8 Å². The van der Waals surface area contributed by atoms with E-state index in [1.54, 1.807) is 0 Å². The van der Waals surface area contributed by atoms with Crippen molar-refractivity contribution in [2.75, 3.05) is 13.2 Å². The summed E-state index contributed by atoms with van der Waals surface area (Å²) < 4.78 is 6.04. The Kier molecular flexibility index (Phi) is 4.78. The molecule has 0 amide bonds. The van der Waals surface area contributed by atoms with Gasteiger partial charge < -0.3 is 10.1 Å². The topological polar surface area (TPSA) is 38.3 Å². The minimum atomic E-state index is -0.126. The Hall–Kier alpha value is -0.870. The van der Waals surface area contributed by atoms with Gasteiger partial charge in [0.15, 0.2) is 0 Å². The third-order valence-corrected chi connectivity index (χ3v) is 3.70. The first-order chi connectivity index (χ1) is 8.70. The van der Waals surface area contributed by atoms with Crippen LogP contribution in [-0.4, -0.2) is 19.1 Å². The molecule has 0 bridgehead atoms. The van der Waals surface area contributed by atoms with Crippen LogP contribution in [0.1, 0.15) is 36.9 Å². The van der Waals surface area contributed by atoms with Crippen molar-refractivity contribution in [2.45, 2.75) is 32.2 Å². The number of fused-ring (bicyclic) bond motifs is 1. The zero-order valence-corrected chi connectivity index (χ0v) is 12.1. The second kappa shape index (κ2) is 6.34. The average molecular weight is 312 g/mol. The van der Waals surface area contributed by atoms with Crippen molar-refractivity contribution in [3.8, 4) is 0 Å². The number of ether oxygens (including phenoxy) is 1. The van der Waals surface area contributed by atoms with Crippen molar-refractivity contribution in [1.82, 2.24) is 5.32 Å². The Balaban J connectivity index is 1.85. The lowest BCUT2D eigenvalue weighted by Crippen LogP contribution is -2.23. The van der Waals surface area contributed by atoms with Crippen molar-refractivity contribution >= 4 is 21.9 Å². The Bertz CT molecular complexity index is 434. The number of nitrogens with one attached hydrogen (secondary N) is 1. The second-order valence-corrected chi connectivity index (χ2v) is 5.36. The summed E-state index contributed by atoms with van der Waals surface area (Å²) in [4.78, 5) is 11.2. The molecule has 0 heterocycles. The predicted molar refractivity (Wildman–Crippen MR) is 74.5 cm³/mol. The van der Waals surface area contributed by atoms with Crippen LogP contribution in [-0.2, 0) is 16.0 Å². The lowest BCUT2D eigenvalue weighted by Gasteiger charge is -2.13. The van der Waals surface area contributed by atoms with E-state index >= 15 is 0 Å². The number of benzene rings is 1. The molecule has 0 aliphatic heterocycles. The van der Waals surface area contributed by atoms with Crippen LogP contribution >= 0.6 is 15.9 Å². The number of esters is 1. The van der Waals surface area contributed by atoms with Crippen LogP contribution in [0.5, 0.6) is 0 Å². The molecular weight excluding hydrogens is 294 g/mol. The molecule has 98 valence electrons. The highest BCUT2D eigenvalue weighted by atomic mass is 79.9. The fourth-order valence-corrected chi connectivity index (χ4v) is 2.79. The molecule has 0 fully saturated rings. The molecule has 2 rings (SSSR count). The molecule has 1 aliphatic carbocycles. The standard InChI is InChI=1S/C14H18BrNO2/c1-2-18-14(17)7-8-16-13-6-3-10-9-11(15)4-5-12(10)13/h4-5,9,13,16H,2-3,6-8H2,1H3. The normalized spacial score (nSPS) is 17.6. The monoisotopic (exact) mass is 311 g/mol.